The number of aromatic nitrogens is 3. The molecule has 0 saturated heterocycles. The van der Waals surface area contributed by atoms with Crippen molar-refractivity contribution in [2.75, 3.05) is 10.6 Å². The van der Waals surface area contributed by atoms with Crippen LogP contribution < -0.4 is 10.6 Å². The first-order chi connectivity index (χ1) is 12.5. The highest BCUT2D eigenvalue weighted by Gasteiger charge is 2.21. The summed E-state index contributed by atoms with van der Waals surface area (Å²) in [6, 6.07) is 11.2. The highest BCUT2D eigenvalue weighted by molar-refractivity contribution is 5.96. The number of carbonyl (C=O) groups is 1. The van der Waals surface area contributed by atoms with Gasteiger partial charge in [0.05, 0.1) is 22.8 Å². The van der Waals surface area contributed by atoms with E-state index in [1.165, 1.54) is 0 Å². The van der Waals surface area contributed by atoms with Crippen molar-refractivity contribution < 1.29 is 9.32 Å². The number of carbonyl (C=O) groups excluding carboxylic acids is 1. The third kappa shape index (κ3) is 3.61. The van der Waals surface area contributed by atoms with Gasteiger partial charge in [-0.2, -0.15) is 5.10 Å². The Balaban J connectivity index is 1.80. The van der Waals surface area contributed by atoms with Crippen LogP contribution in [0.2, 0.25) is 0 Å². The fourth-order valence-electron chi connectivity index (χ4n) is 2.84. The van der Waals surface area contributed by atoms with E-state index in [1.807, 2.05) is 55.8 Å². The second kappa shape index (κ2) is 7.43. The average molecular weight is 353 g/mol. The number of para-hydroxylation sites is 1. The van der Waals surface area contributed by atoms with Crippen molar-refractivity contribution in [1.29, 1.82) is 0 Å². The molecule has 7 nitrogen and oxygen atoms in total. The Morgan fingerprint density at radius 1 is 1.23 bits per heavy atom. The van der Waals surface area contributed by atoms with E-state index < -0.39 is 6.04 Å². The van der Waals surface area contributed by atoms with E-state index >= 15 is 0 Å². The molecule has 0 aliphatic carbocycles. The van der Waals surface area contributed by atoms with Crippen LogP contribution in [0.4, 0.5) is 11.5 Å². The third-order valence-corrected chi connectivity index (χ3v) is 4.21. The third-order valence-electron chi connectivity index (χ3n) is 4.21. The van der Waals surface area contributed by atoms with Crippen molar-refractivity contribution >= 4 is 17.4 Å². The van der Waals surface area contributed by atoms with E-state index in [1.54, 1.807) is 13.0 Å². The molecule has 7 heteroatoms. The predicted octanol–water partition coefficient (Wildman–Crippen LogP) is 3.61. The van der Waals surface area contributed by atoms with Crippen LogP contribution in [0.1, 0.15) is 30.5 Å². The molecular formula is C19H23N5O2. The van der Waals surface area contributed by atoms with Gasteiger partial charge < -0.3 is 15.2 Å². The van der Waals surface area contributed by atoms with Crippen molar-refractivity contribution in [1.82, 2.24) is 14.9 Å². The van der Waals surface area contributed by atoms with Gasteiger partial charge in [-0.15, -0.1) is 0 Å². The molecule has 0 radical (unpaired) electrons. The first kappa shape index (κ1) is 17.7. The van der Waals surface area contributed by atoms with E-state index in [-0.39, 0.29) is 5.91 Å². The maximum atomic E-state index is 12.6. The van der Waals surface area contributed by atoms with Crippen LogP contribution in [0, 0.1) is 20.8 Å². The van der Waals surface area contributed by atoms with Crippen LogP contribution in [0.25, 0.3) is 5.69 Å². The summed E-state index contributed by atoms with van der Waals surface area (Å²) in [5, 5.41) is 14.5. The number of amides is 1. The standard InChI is InChI=1S/C19H23N5O2/c1-5-16(19(25)21-17-11-12(2)26-23-17)20-18-13(3)22-24(14(18)4)15-9-7-6-8-10-15/h6-11,16,20H,5H2,1-4H3,(H,21,23,25). The summed E-state index contributed by atoms with van der Waals surface area (Å²) in [6.07, 6.45) is 0.623. The quantitative estimate of drug-likeness (QED) is 0.707. The lowest BCUT2D eigenvalue weighted by molar-refractivity contribution is -0.117. The minimum atomic E-state index is -0.405. The Morgan fingerprint density at radius 2 is 1.96 bits per heavy atom. The lowest BCUT2D eigenvalue weighted by Gasteiger charge is -2.17. The topological polar surface area (TPSA) is 85.0 Å². The maximum absolute atomic E-state index is 12.6. The number of nitrogens with one attached hydrogen (secondary N) is 2. The second-order valence-electron chi connectivity index (χ2n) is 6.21. The van der Waals surface area contributed by atoms with Gasteiger partial charge in [0.25, 0.3) is 0 Å². The first-order valence-electron chi connectivity index (χ1n) is 8.62. The van der Waals surface area contributed by atoms with Gasteiger partial charge in [0.15, 0.2) is 5.82 Å². The molecular weight excluding hydrogens is 330 g/mol. The van der Waals surface area contributed by atoms with E-state index in [0.29, 0.717) is 18.0 Å². The summed E-state index contributed by atoms with van der Waals surface area (Å²) >= 11 is 0. The van der Waals surface area contributed by atoms with E-state index in [0.717, 1.165) is 22.8 Å². The molecule has 0 bridgehead atoms. The van der Waals surface area contributed by atoms with Crippen LogP contribution in [-0.4, -0.2) is 26.9 Å². The second-order valence-corrected chi connectivity index (χ2v) is 6.21. The molecule has 0 saturated carbocycles. The summed E-state index contributed by atoms with van der Waals surface area (Å²) in [5.74, 6) is 0.908. The van der Waals surface area contributed by atoms with Gasteiger partial charge >= 0.3 is 0 Å². The number of benzene rings is 1. The van der Waals surface area contributed by atoms with Crippen LogP contribution in [0.15, 0.2) is 40.9 Å². The zero-order chi connectivity index (χ0) is 18.7. The smallest absolute Gasteiger partial charge is 0.248 e. The number of hydrogen-bond acceptors (Lipinski definition) is 5. The van der Waals surface area contributed by atoms with Crippen LogP contribution in [0.5, 0.6) is 0 Å². The van der Waals surface area contributed by atoms with Gasteiger partial charge in [-0.3, -0.25) is 4.79 Å². The van der Waals surface area contributed by atoms with Crippen molar-refractivity contribution in [3.05, 3.63) is 53.5 Å². The van der Waals surface area contributed by atoms with Crippen molar-refractivity contribution in [3.8, 4) is 5.69 Å². The molecule has 26 heavy (non-hydrogen) atoms. The average Bonchev–Trinajstić information content (AvgIpc) is 3.16. The van der Waals surface area contributed by atoms with Gasteiger partial charge in [-0.1, -0.05) is 30.3 Å². The number of nitrogens with zero attached hydrogens (tertiary/aromatic N) is 3. The summed E-state index contributed by atoms with van der Waals surface area (Å²) in [5.41, 5.74) is 3.65. The van der Waals surface area contributed by atoms with Crippen molar-refractivity contribution in [3.63, 3.8) is 0 Å². The molecule has 3 aromatic rings. The molecule has 1 amide bonds. The number of rotatable bonds is 6. The summed E-state index contributed by atoms with van der Waals surface area (Å²) in [7, 11) is 0. The van der Waals surface area contributed by atoms with Gasteiger partial charge in [-0.05, 0) is 39.3 Å². The Labute approximate surface area is 152 Å². The molecule has 1 aromatic carbocycles. The van der Waals surface area contributed by atoms with Gasteiger partial charge in [0.2, 0.25) is 5.91 Å². The lowest BCUT2D eigenvalue weighted by Crippen LogP contribution is -2.34. The normalized spacial score (nSPS) is 12.0. The van der Waals surface area contributed by atoms with Gasteiger partial charge in [-0.25, -0.2) is 4.68 Å². The Hall–Kier alpha value is -3.09. The molecule has 1 atom stereocenters. The Bertz CT molecular complexity index is 898. The highest BCUT2D eigenvalue weighted by atomic mass is 16.5. The van der Waals surface area contributed by atoms with Gasteiger partial charge in [0, 0.05) is 6.07 Å². The molecule has 0 fully saturated rings. The molecule has 0 aliphatic heterocycles. The first-order valence-corrected chi connectivity index (χ1v) is 8.62. The fourth-order valence-corrected chi connectivity index (χ4v) is 2.84. The SMILES string of the molecule is CCC(Nc1c(C)nn(-c2ccccc2)c1C)C(=O)Nc1cc(C)on1. The Kier molecular flexibility index (Phi) is 5.06. The predicted molar refractivity (Wildman–Crippen MR) is 101 cm³/mol. The summed E-state index contributed by atoms with van der Waals surface area (Å²) in [4.78, 5) is 12.6. The lowest BCUT2D eigenvalue weighted by atomic mass is 10.2. The van der Waals surface area contributed by atoms with E-state index in [2.05, 4.69) is 20.9 Å². The molecule has 0 spiro atoms. The minimum Gasteiger partial charge on any atom is -0.371 e. The van der Waals surface area contributed by atoms with Crippen LogP contribution in [-0.2, 0) is 4.79 Å². The minimum absolute atomic E-state index is 0.160. The zero-order valence-electron chi connectivity index (χ0n) is 15.4. The fraction of sp³-hybridized carbons (Fsp3) is 0.316. The molecule has 2 aromatic heterocycles. The molecule has 2 heterocycles. The largest absolute Gasteiger partial charge is 0.371 e. The highest BCUT2D eigenvalue weighted by Crippen LogP contribution is 2.24. The Morgan fingerprint density at radius 3 is 2.58 bits per heavy atom. The maximum Gasteiger partial charge on any atom is 0.248 e. The van der Waals surface area contributed by atoms with Crippen LogP contribution >= 0.6 is 0 Å². The summed E-state index contributed by atoms with van der Waals surface area (Å²) < 4.78 is 6.87. The molecule has 3 rings (SSSR count). The number of hydrogen-bond donors (Lipinski definition) is 2. The van der Waals surface area contributed by atoms with Crippen molar-refractivity contribution in [2.45, 2.75) is 40.2 Å². The molecule has 1 unspecified atom stereocenters. The number of aryl methyl sites for hydroxylation is 2. The van der Waals surface area contributed by atoms with Gasteiger partial charge in [0.1, 0.15) is 11.8 Å². The molecule has 2 N–H and O–H groups in total. The van der Waals surface area contributed by atoms with E-state index in [9.17, 15) is 4.79 Å². The monoisotopic (exact) mass is 353 g/mol. The summed E-state index contributed by atoms with van der Waals surface area (Å²) in [6.45, 7) is 7.65. The molecule has 0 aliphatic rings. The van der Waals surface area contributed by atoms with Crippen molar-refractivity contribution in [2.24, 2.45) is 0 Å². The molecule has 136 valence electrons. The zero-order valence-corrected chi connectivity index (χ0v) is 15.4. The van der Waals surface area contributed by atoms with Crippen LogP contribution in [0.3, 0.4) is 0 Å². The van der Waals surface area contributed by atoms with E-state index in [4.69, 9.17) is 4.52 Å². The number of anilines is 2.